The number of nitrogens with two attached hydrogens (primary N) is 1. The molecule has 1 unspecified atom stereocenters. The lowest BCUT2D eigenvalue weighted by Crippen LogP contribution is -2.24. The Morgan fingerprint density at radius 1 is 1.14 bits per heavy atom. The summed E-state index contributed by atoms with van der Waals surface area (Å²) in [6.45, 7) is 0. The van der Waals surface area contributed by atoms with Gasteiger partial charge in [0.2, 0.25) is 0 Å². The third kappa shape index (κ3) is 2.74. The Labute approximate surface area is 120 Å². The van der Waals surface area contributed by atoms with Crippen molar-refractivity contribution in [2.75, 3.05) is 0 Å². The monoisotopic (exact) mass is 293 g/mol. The van der Waals surface area contributed by atoms with Crippen molar-refractivity contribution in [3.63, 3.8) is 0 Å². The molecule has 2 aromatic carbocycles. The van der Waals surface area contributed by atoms with Crippen molar-refractivity contribution in [3.05, 3.63) is 65.0 Å². The summed E-state index contributed by atoms with van der Waals surface area (Å²) in [5.41, 5.74) is 7.26. The Balaban J connectivity index is 1.92. The van der Waals surface area contributed by atoms with Gasteiger partial charge in [-0.05, 0) is 29.8 Å². The van der Waals surface area contributed by atoms with E-state index in [0.29, 0.717) is 23.3 Å². The summed E-state index contributed by atoms with van der Waals surface area (Å²) >= 11 is 0. The predicted octanol–water partition coefficient (Wildman–Crippen LogP) is 4.29. The molecule has 0 spiro atoms. The average Bonchev–Trinajstić information content (AvgIpc) is 2.48. The Kier molecular flexibility index (Phi) is 3.59. The first-order valence-corrected chi connectivity index (χ1v) is 6.64. The smallest absolute Gasteiger partial charge is 0.263 e. The fraction of sp³-hybridized carbons (Fsp3) is 0.250. The molecule has 2 atom stereocenters. The molecule has 1 aliphatic rings. The van der Waals surface area contributed by atoms with Gasteiger partial charge in [-0.1, -0.05) is 18.2 Å². The molecular formula is C16H14F3NO. The second kappa shape index (κ2) is 5.41. The highest BCUT2D eigenvalue weighted by atomic mass is 19.3. The van der Waals surface area contributed by atoms with Crippen LogP contribution < -0.4 is 10.5 Å². The van der Waals surface area contributed by atoms with Crippen molar-refractivity contribution >= 4 is 0 Å². The molecule has 2 N–H and O–H groups in total. The van der Waals surface area contributed by atoms with Crippen molar-refractivity contribution in [1.29, 1.82) is 0 Å². The van der Waals surface area contributed by atoms with Crippen LogP contribution >= 0.6 is 0 Å². The second-order valence-electron chi connectivity index (χ2n) is 5.10. The maximum Gasteiger partial charge on any atom is 0.263 e. The molecule has 0 amide bonds. The van der Waals surface area contributed by atoms with Gasteiger partial charge in [-0.15, -0.1) is 0 Å². The van der Waals surface area contributed by atoms with E-state index in [1.165, 1.54) is 30.3 Å². The number of halogens is 3. The number of fused-ring (bicyclic) bond motifs is 1. The first-order valence-electron chi connectivity index (χ1n) is 6.64. The SMILES string of the molecule is N[C@@H]1CC(c2cccc(C(F)F)c2)Oc2ccc(F)cc21. The Hall–Kier alpha value is -2.01. The summed E-state index contributed by atoms with van der Waals surface area (Å²) in [7, 11) is 0. The summed E-state index contributed by atoms with van der Waals surface area (Å²) in [4.78, 5) is 0. The fourth-order valence-corrected chi connectivity index (χ4v) is 2.57. The van der Waals surface area contributed by atoms with Gasteiger partial charge in [0.1, 0.15) is 17.7 Å². The number of benzene rings is 2. The third-order valence-electron chi connectivity index (χ3n) is 3.64. The zero-order chi connectivity index (χ0) is 15.0. The molecule has 1 aliphatic heterocycles. The number of hydrogen-bond acceptors (Lipinski definition) is 2. The van der Waals surface area contributed by atoms with Crippen LogP contribution in [0.2, 0.25) is 0 Å². The highest BCUT2D eigenvalue weighted by molar-refractivity contribution is 5.40. The minimum atomic E-state index is -2.52. The zero-order valence-electron chi connectivity index (χ0n) is 11.1. The zero-order valence-corrected chi connectivity index (χ0v) is 11.1. The van der Waals surface area contributed by atoms with Crippen LogP contribution in [0.1, 0.15) is 41.7 Å². The van der Waals surface area contributed by atoms with Crippen LogP contribution in [-0.4, -0.2) is 0 Å². The highest BCUT2D eigenvalue weighted by Crippen LogP contribution is 2.40. The van der Waals surface area contributed by atoms with Crippen molar-refractivity contribution in [1.82, 2.24) is 0 Å². The lowest BCUT2D eigenvalue weighted by molar-refractivity contribution is 0.148. The van der Waals surface area contributed by atoms with Crippen LogP contribution in [0.5, 0.6) is 5.75 Å². The van der Waals surface area contributed by atoms with E-state index in [9.17, 15) is 13.2 Å². The van der Waals surface area contributed by atoms with E-state index in [2.05, 4.69) is 0 Å². The van der Waals surface area contributed by atoms with Crippen molar-refractivity contribution in [2.24, 2.45) is 5.73 Å². The minimum absolute atomic E-state index is 0.0467. The first-order chi connectivity index (χ1) is 10.0. The lowest BCUT2D eigenvalue weighted by Gasteiger charge is -2.30. The second-order valence-corrected chi connectivity index (χ2v) is 5.10. The molecule has 3 rings (SSSR count). The molecule has 0 bridgehead atoms. The molecular weight excluding hydrogens is 279 g/mol. The van der Waals surface area contributed by atoms with Crippen LogP contribution in [0.25, 0.3) is 0 Å². The quantitative estimate of drug-likeness (QED) is 0.896. The molecule has 0 fully saturated rings. The minimum Gasteiger partial charge on any atom is -0.485 e. The normalized spacial score (nSPS) is 21.0. The molecule has 0 saturated heterocycles. The van der Waals surface area contributed by atoms with Crippen LogP contribution in [0.4, 0.5) is 13.2 Å². The van der Waals surface area contributed by atoms with Gasteiger partial charge in [0.15, 0.2) is 0 Å². The molecule has 2 nitrogen and oxygen atoms in total. The third-order valence-corrected chi connectivity index (χ3v) is 3.64. The Morgan fingerprint density at radius 2 is 1.95 bits per heavy atom. The van der Waals surface area contributed by atoms with E-state index in [0.717, 1.165) is 0 Å². The van der Waals surface area contributed by atoms with E-state index < -0.39 is 12.5 Å². The van der Waals surface area contributed by atoms with E-state index in [-0.39, 0.29) is 17.4 Å². The Bertz CT molecular complexity index is 660. The molecule has 1 heterocycles. The maximum absolute atomic E-state index is 13.2. The number of ether oxygens (including phenoxy) is 1. The van der Waals surface area contributed by atoms with E-state index in [4.69, 9.17) is 10.5 Å². The Morgan fingerprint density at radius 3 is 2.71 bits per heavy atom. The number of rotatable bonds is 2. The molecule has 5 heteroatoms. The van der Waals surface area contributed by atoms with Gasteiger partial charge in [-0.25, -0.2) is 13.2 Å². The van der Waals surface area contributed by atoms with Crippen LogP contribution in [-0.2, 0) is 0 Å². The predicted molar refractivity (Wildman–Crippen MR) is 72.7 cm³/mol. The summed E-state index contributed by atoms with van der Waals surface area (Å²) in [5.74, 6) is 0.133. The van der Waals surface area contributed by atoms with Gasteiger partial charge >= 0.3 is 0 Å². The first kappa shape index (κ1) is 13.9. The highest BCUT2D eigenvalue weighted by Gasteiger charge is 2.27. The molecule has 0 radical (unpaired) electrons. The van der Waals surface area contributed by atoms with Gasteiger partial charge in [0, 0.05) is 23.6 Å². The topological polar surface area (TPSA) is 35.2 Å². The van der Waals surface area contributed by atoms with Gasteiger partial charge < -0.3 is 10.5 Å². The summed E-state index contributed by atoms with van der Waals surface area (Å²) in [6, 6.07) is 9.90. The van der Waals surface area contributed by atoms with Gasteiger partial charge in [0.05, 0.1) is 0 Å². The average molecular weight is 293 g/mol. The van der Waals surface area contributed by atoms with E-state index in [1.54, 1.807) is 12.1 Å². The standard InChI is InChI=1S/C16H14F3NO/c17-11-4-5-14-12(7-11)13(20)8-15(21-14)9-2-1-3-10(6-9)16(18)19/h1-7,13,15-16H,8,20H2/t13-,15?/m1/s1. The van der Waals surface area contributed by atoms with Gasteiger partial charge in [-0.3, -0.25) is 0 Å². The van der Waals surface area contributed by atoms with Crippen molar-refractivity contribution in [3.8, 4) is 5.75 Å². The summed E-state index contributed by atoms with van der Waals surface area (Å²) in [6.07, 6.45) is -2.51. The molecule has 21 heavy (non-hydrogen) atoms. The van der Waals surface area contributed by atoms with Crippen LogP contribution in [0.15, 0.2) is 42.5 Å². The fourth-order valence-electron chi connectivity index (χ4n) is 2.57. The molecule has 0 saturated carbocycles. The molecule has 0 aliphatic carbocycles. The number of alkyl halides is 2. The summed E-state index contributed by atoms with van der Waals surface area (Å²) < 4.78 is 44.6. The molecule has 2 aromatic rings. The van der Waals surface area contributed by atoms with Crippen molar-refractivity contribution in [2.45, 2.75) is 25.0 Å². The van der Waals surface area contributed by atoms with Crippen LogP contribution in [0.3, 0.4) is 0 Å². The van der Waals surface area contributed by atoms with E-state index >= 15 is 0 Å². The number of hydrogen-bond donors (Lipinski definition) is 1. The molecule has 0 aromatic heterocycles. The lowest BCUT2D eigenvalue weighted by atomic mass is 9.93. The van der Waals surface area contributed by atoms with Crippen LogP contribution in [0, 0.1) is 5.82 Å². The molecule has 110 valence electrons. The van der Waals surface area contributed by atoms with Gasteiger partial charge in [0.25, 0.3) is 6.43 Å². The van der Waals surface area contributed by atoms with Gasteiger partial charge in [-0.2, -0.15) is 0 Å². The maximum atomic E-state index is 13.2. The summed E-state index contributed by atoms with van der Waals surface area (Å²) in [5, 5.41) is 0. The van der Waals surface area contributed by atoms with Crippen molar-refractivity contribution < 1.29 is 17.9 Å². The van der Waals surface area contributed by atoms with E-state index in [1.807, 2.05) is 0 Å². The largest absolute Gasteiger partial charge is 0.485 e.